The highest BCUT2D eigenvalue weighted by molar-refractivity contribution is 7.92. The molecule has 0 aliphatic carbocycles. The molecular weight excluding hydrogens is 212 g/mol. The molecule has 0 amide bonds. The van der Waals surface area contributed by atoms with E-state index in [1.54, 1.807) is 30.3 Å². The predicted octanol–water partition coefficient (Wildman–Crippen LogP) is -0.00600. The number of nitrogens with one attached hydrogen (secondary N) is 1. The summed E-state index contributed by atoms with van der Waals surface area (Å²) in [5.41, 5.74) is 0. The standard InChI is InChI=1S/C10H13N2O2S/c13-15(14,9-4-2-1-3-5-9)10-8-11-6-7-12-10/h1-5,10-11H,6-8H2. The van der Waals surface area contributed by atoms with Gasteiger partial charge in [-0.2, -0.15) is 0 Å². The second-order valence-corrected chi connectivity index (χ2v) is 5.53. The average molecular weight is 225 g/mol. The topological polar surface area (TPSA) is 60.3 Å². The molecule has 1 fully saturated rings. The minimum Gasteiger partial charge on any atom is -0.313 e. The van der Waals surface area contributed by atoms with Crippen LogP contribution in [0.2, 0.25) is 0 Å². The SMILES string of the molecule is O=S(=O)(c1ccccc1)C1CNCC[N]1. The van der Waals surface area contributed by atoms with Crippen LogP contribution in [0.5, 0.6) is 0 Å². The number of benzene rings is 1. The van der Waals surface area contributed by atoms with Crippen LogP contribution in [0.1, 0.15) is 0 Å². The van der Waals surface area contributed by atoms with E-state index < -0.39 is 15.2 Å². The number of sulfone groups is 1. The van der Waals surface area contributed by atoms with Gasteiger partial charge >= 0.3 is 0 Å². The molecule has 1 aliphatic heterocycles. The quantitative estimate of drug-likeness (QED) is 0.770. The van der Waals surface area contributed by atoms with E-state index in [0.717, 1.165) is 6.54 Å². The van der Waals surface area contributed by atoms with Gasteiger partial charge in [0, 0.05) is 19.6 Å². The van der Waals surface area contributed by atoms with E-state index in [4.69, 9.17) is 0 Å². The van der Waals surface area contributed by atoms with Crippen LogP contribution in [0.3, 0.4) is 0 Å². The Bertz CT molecular complexity index is 410. The molecule has 0 saturated carbocycles. The fraction of sp³-hybridized carbons (Fsp3) is 0.400. The van der Waals surface area contributed by atoms with Gasteiger partial charge in [0.2, 0.25) is 0 Å². The first-order valence-electron chi connectivity index (χ1n) is 4.87. The van der Waals surface area contributed by atoms with Crippen molar-refractivity contribution in [2.24, 2.45) is 0 Å². The molecule has 81 valence electrons. The summed E-state index contributed by atoms with van der Waals surface area (Å²) in [5, 5.41) is 6.53. The van der Waals surface area contributed by atoms with Gasteiger partial charge in [0.25, 0.3) is 0 Å². The first-order chi connectivity index (χ1) is 7.21. The Labute approximate surface area is 89.6 Å². The minimum absolute atomic E-state index is 0.349. The molecule has 1 N–H and O–H groups in total. The summed E-state index contributed by atoms with van der Waals surface area (Å²) in [6.07, 6.45) is 0. The van der Waals surface area contributed by atoms with Gasteiger partial charge in [0.15, 0.2) is 9.84 Å². The molecule has 1 aliphatic rings. The second-order valence-electron chi connectivity index (χ2n) is 3.42. The molecule has 1 saturated heterocycles. The van der Waals surface area contributed by atoms with Crippen LogP contribution < -0.4 is 10.6 Å². The third-order valence-electron chi connectivity index (χ3n) is 2.37. The zero-order chi connectivity index (χ0) is 10.7. The molecule has 0 spiro atoms. The van der Waals surface area contributed by atoms with Crippen LogP contribution in [-0.2, 0) is 9.84 Å². The van der Waals surface area contributed by atoms with Crippen molar-refractivity contribution < 1.29 is 8.42 Å². The smallest absolute Gasteiger partial charge is 0.196 e. The Kier molecular flexibility index (Phi) is 3.04. The third kappa shape index (κ3) is 2.19. The monoisotopic (exact) mass is 225 g/mol. The second kappa shape index (κ2) is 4.30. The maximum Gasteiger partial charge on any atom is 0.196 e. The zero-order valence-corrected chi connectivity index (χ0v) is 9.07. The lowest BCUT2D eigenvalue weighted by Crippen LogP contribution is -2.48. The van der Waals surface area contributed by atoms with Gasteiger partial charge in [-0.25, -0.2) is 13.7 Å². The van der Waals surface area contributed by atoms with E-state index >= 15 is 0 Å². The van der Waals surface area contributed by atoms with Crippen LogP contribution in [0, 0.1) is 0 Å². The molecule has 1 atom stereocenters. The first-order valence-corrected chi connectivity index (χ1v) is 6.42. The molecule has 0 bridgehead atoms. The maximum absolute atomic E-state index is 12.1. The van der Waals surface area contributed by atoms with Crippen molar-refractivity contribution in [2.45, 2.75) is 10.3 Å². The van der Waals surface area contributed by atoms with Gasteiger partial charge in [-0.1, -0.05) is 18.2 Å². The van der Waals surface area contributed by atoms with E-state index in [-0.39, 0.29) is 0 Å². The van der Waals surface area contributed by atoms with Crippen LogP contribution in [0.15, 0.2) is 35.2 Å². The average Bonchev–Trinajstić information content (AvgIpc) is 2.31. The largest absolute Gasteiger partial charge is 0.313 e. The van der Waals surface area contributed by atoms with E-state index in [9.17, 15) is 8.42 Å². The third-order valence-corrected chi connectivity index (χ3v) is 4.33. The highest BCUT2D eigenvalue weighted by Crippen LogP contribution is 2.15. The number of hydrogen-bond acceptors (Lipinski definition) is 3. The van der Waals surface area contributed by atoms with Crippen LogP contribution in [-0.4, -0.2) is 33.4 Å². The lowest BCUT2D eigenvalue weighted by molar-refractivity contribution is 0.467. The van der Waals surface area contributed by atoms with E-state index in [2.05, 4.69) is 10.6 Å². The fourth-order valence-corrected chi connectivity index (χ4v) is 3.04. The van der Waals surface area contributed by atoms with Crippen molar-refractivity contribution in [1.29, 1.82) is 0 Å². The molecular formula is C10H13N2O2S. The van der Waals surface area contributed by atoms with Crippen molar-refractivity contribution in [2.75, 3.05) is 19.6 Å². The Hall–Kier alpha value is -0.910. The molecule has 0 aromatic heterocycles. The predicted molar refractivity (Wildman–Crippen MR) is 57.3 cm³/mol. The summed E-state index contributed by atoms with van der Waals surface area (Å²) in [4.78, 5) is 0.349. The minimum atomic E-state index is -3.29. The fourth-order valence-electron chi connectivity index (χ4n) is 1.55. The highest BCUT2D eigenvalue weighted by atomic mass is 32.2. The zero-order valence-electron chi connectivity index (χ0n) is 8.26. The van der Waals surface area contributed by atoms with Crippen molar-refractivity contribution >= 4 is 9.84 Å². The molecule has 5 heteroatoms. The van der Waals surface area contributed by atoms with Crippen LogP contribution in [0.4, 0.5) is 0 Å². The van der Waals surface area contributed by atoms with Gasteiger partial charge in [-0.05, 0) is 12.1 Å². The molecule has 1 aromatic carbocycles. The number of nitrogens with zero attached hydrogens (tertiary/aromatic N) is 1. The van der Waals surface area contributed by atoms with E-state index in [1.807, 2.05) is 0 Å². The number of piperazine rings is 1. The van der Waals surface area contributed by atoms with Gasteiger partial charge in [-0.15, -0.1) is 0 Å². The first kappa shape index (κ1) is 10.6. The Balaban J connectivity index is 2.26. The Morgan fingerprint density at radius 3 is 2.60 bits per heavy atom. The normalized spacial score (nSPS) is 22.5. The molecule has 1 unspecified atom stereocenters. The van der Waals surface area contributed by atoms with Gasteiger partial charge in [-0.3, -0.25) is 0 Å². The number of hydrogen-bond donors (Lipinski definition) is 1. The Morgan fingerprint density at radius 1 is 1.27 bits per heavy atom. The van der Waals surface area contributed by atoms with Crippen molar-refractivity contribution in [3.8, 4) is 0 Å². The van der Waals surface area contributed by atoms with Crippen molar-refractivity contribution in [3.05, 3.63) is 30.3 Å². The highest BCUT2D eigenvalue weighted by Gasteiger charge is 2.29. The van der Waals surface area contributed by atoms with Crippen LogP contribution in [0.25, 0.3) is 0 Å². The molecule has 1 radical (unpaired) electrons. The van der Waals surface area contributed by atoms with Gasteiger partial charge < -0.3 is 5.32 Å². The molecule has 4 nitrogen and oxygen atoms in total. The lowest BCUT2D eigenvalue weighted by atomic mass is 10.4. The van der Waals surface area contributed by atoms with Crippen molar-refractivity contribution in [1.82, 2.24) is 10.6 Å². The maximum atomic E-state index is 12.1. The van der Waals surface area contributed by atoms with Crippen LogP contribution >= 0.6 is 0 Å². The molecule has 1 heterocycles. The van der Waals surface area contributed by atoms with E-state index in [0.29, 0.717) is 18.0 Å². The van der Waals surface area contributed by atoms with Crippen molar-refractivity contribution in [3.63, 3.8) is 0 Å². The Morgan fingerprint density at radius 2 is 2.00 bits per heavy atom. The number of rotatable bonds is 2. The summed E-state index contributed by atoms with van der Waals surface area (Å²) in [6, 6.07) is 8.47. The molecule has 1 aromatic rings. The summed E-state index contributed by atoms with van der Waals surface area (Å²) in [6.45, 7) is 1.74. The summed E-state index contributed by atoms with van der Waals surface area (Å²) < 4.78 is 24.1. The van der Waals surface area contributed by atoms with Gasteiger partial charge in [0.05, 0.1) is 4.90 Å². The molecule has 2 rings (SSSR count). The summed E-state index contributed by atoms with van der Waals surface area (Å²) in [5.74, 6) is 0. The summed E-state index contributed by atoms with van der Waals surface area (Å²) in [7, 11) is -3.29. The lowest BCUT2D eigenvalue weighted by Gasteiger charge is -2.22. The summed E-state index contributed by atoms with van der Waals surface area (Å²) >= 11 is 0. The van der Waals surface area contributed by atoms with Gasteiger partial charge in [0.1, 0.15) is 5.37 Å². The van der Waals surface area contributed by atoms with E-state index in [1.165, 1.54) is 0 Å². The molecule has 15 heavy (non-hydrogen) atoms.